The molecule has 0 heterocycles. The maximum Gasteiger partial charge on any atom is 0.153 e. The smallest absolute Gasteiger partial charge is 0.153 e. The Labute approximate surface area is 99.7 Å². The number of methoxy groups -OCH3 is 1. The summed E-state index contributed by atoms with van der Waals surface area (Å²) in [7, 11) is -1.44. The van der Waals surface area contributed by atoms with Gasteiger partial charge in [0.05, 0.1) is 18.1 Å². The van der Waals surface area contributed by atoms with Crippen molar-refractivity contribution in [2.75, 3.05) is 38.3 Å². The number of rotatable bonds is 8. The molecule has 0 spiro atoms. The molecule has 0 aliphatic heterocycles. The lowest BCUT2D eigenvalue weighted by Gasteiger charge is -2.17. The molecule has 16 heavy (non-hydrogen) atoms. The van der Waals surface area contributed by atoms with E-state index >= 15 is 0 Å². The van der Waals surface area contributed by atoms with Gasteiger partial charge in [-0.05, 0) is 18.4 Å². The molecule has 0 bridgehead atoms. The summed E-state index contributed by atoms with van der Waals surface area (Å²) in [6, 6.07) is 0. The topological polar surface area (TPSA) is 55.4 Å². The molecule has 0 aromatic carbocycles. The van der Waals surface area contributed by atoms with Crippen LogP contribution in [0.2, 0.25) is 0 Å². The maximum atomic E-state index is 11.4. The van der Waals surface area contributed by atoms with E-state index in [1.807, 2.05) is 0 Å². The van der Waals surface area contributed by atoms with Gasteiger partial charge in [-0.2, -0.15) is 0 Å². The molecule has 0 atom stereocenters. The highest BCUT2D eigenvalue weighted by atomic mass is 32.2. The van der Waals surface area contributed by atoms with Crippen molar-refractivity contribution in [3.05, 3.63) is 0 Å². The summed E-state index contributed by atoms with van der Waals surface area (Å²) in [4.78, 5) is 0. The van der Waals surface area contributed by atoms with Crippen molar-refractivity contribution < 1.29 is 13.2 Å². The minimum absolute atomic E-state index is 0.116. The molecule has 0 fully saturated rings. The van der Waals surface area contributed by atoms with Gasteiger partial charge >= 0.3 is 0 Å². The number of hydrogen-bond donors (Lipinski definition) is 1. The van der Waals surface area contributed by atoms with Gasteiger partial charge in [0.25, 0.3) is 0 Å². The lowest BCUT2D eigenvalue weighted by molar-refractivity contribution is 0.217. The highest BCUT2D eigenvalue weighted by Gasteiger charge is 2.11. The van der Waals surface area contributed by atoms with Gasteiger partial charge in [0, 0.05) is 13.7 Å². The van der Waals surface area contributed by atoms with Crippen LogP contribution < -0.4 is 5.32 Å². The van der Waals surface area contributed by atoms with Gasteiger partial charge in [-0.15, -0.1) is 0 Å². The minimum Gasteiger partial charge on any atom is -0.384 e. The first-order valence-electron chi connectivity index (χ1n) is 5.67. The predicted octanol–water partition coefficient (Wildman–Crippen LogP) is 1.07. The van der Waals surface area contributed by atoms with Crippen LogP contribution >= 0.6 is 0 Å². The highest BCUT2D eigenvalue weighted by molar-refractivity contribution is 7.91. The van der Waals surface area contributed by atoms with Crippen LogP contribution in [0.3, 0.4) is 0 Å². The van der Waals surface area contributed by atoms with Crippen LogP contribution in [0.1, 0.15) is 27.2 Å². The zero-order valence-corrected chi connectivity index (χ0v) is 11.7. The fraction of sp³-hybridized carbons (Fsp3) is 1.00. The third-order valence-electron chi connectivity index (χ3n) is 2.24. The summed E-state index contributed by atoms with van der Waals surface area (Å²) in [6.07, 6.45) is 1.05. The first-order chi connectivity index (χ1) is 7.27. The van der Waals surface area contributed by atoms with Crippen LogP contribution in [0.25, 0.3) is 0 Å². The molecule has 0 saturated heterocycles. The Kier molecular flexibility index (Phi) is 7.19. The van der Waals surface area contributed by atoms with Crippen LogP contribution in [0.5, 0.6) is 0 Å². The van der Waals surface area contributed by atoms with E-state index in [4.69, 9.17) is 4.74 Å². The molecular formula is C11H25NO3S. The van der Waals surface area contributed by atoms with Crippen molar-refractivity contribution in [2.45, 2.75) is 27.2 Å². The summed E-state index contributed by atoms with van der Waals surface area (Å²) in [6.45, 7) is 8.19. The van der Waals surface area contributed by atoms with Crippen LogP contribution in [-0.4, -0.2) is 46.7 Å². The Morgan fingerprint density at radius 3 is 2.25 bits per heavy atom. The predicted molar refractivity (Wildman–Crippen MR) is 67.5 cm³/mol. The first-order valence-corrected chi connectivity index (χ1v) is 7.49. The number of hydrogen-bond acceptors (Lipinski definition) is 4. The standard InChI is InChI=1S/C11H25NO3S/c1-11(2,3)5-6-12-7-9-16(13,14)10-8-15-4/h12H,5-10H2,1-4H3. The van der Waals surface area contributed by atoms with Gasteiger partial charge in [0.15, 0.2) is 9.84 Å². The molecule has 5 heteroatoms. The van der Waals surface area contributed by atoms with E-state index in [1.54, 1.807) is 0 Å². The van der Waals surface area contributed by atoms with Gasteiger partial charge in [-0.3, -0.25) is 0 Å². The molecule has 0 aromatic heterocycles. The maximum absolute atomic E-state index is 11.4. The van der Waals surface area contributed by atoms with Crippen LogP contribution in [-0.2, 0) is 14.6 Å². The van der Waals surface area contributed by atoms with Crippen molar-refractivity contribution in [1.29, 1.82) is 0 Å². The lowest BCUT2D eigenvalue weighted by Crippen LogP contribution is -2.28. The Morgan fingerprint density at radius 1 is 1.12 bits per heavy atom. The Bertz CT molecular complexity index is 267. The quantitative estimate of drug-likeness (QED) is 0.656. The average molecular weight is 251 g/mol. The van der Waals surface area contributed by atoms with Gasteiger partial charge in [0.1, 0.15) is 0 Å². The number of sulfone groups is 1. The lowest BCUT2D eigenvalue weighted by atomic mass is 9.92. The fourth-order valence-corrected chi connectivity index (χ4v) is 2.21. The summed E-state index contributed by atoms with van der Waals surface area (Å²) in [5.74, 6) is 0.310. The van der Waals surface area contributed by atoms with Crippen molar-refractivity contribution in [2.24, 2.45) is 5.41 Å². The number of ether oxygens (including phenoxy) is 1. The molecule has 0 unspecified atom stereocenters. The van der Waals surface area contributed by atoms with Crippen LogP contribution in [0, 0.1) is 5.41 Å². The third-order valence-corrected chi connectivity index (χ3v) is 3.85. The average Bonchev–Trinajstić information content (AvgIpc) is 2.12. The van der Waals surface area contributed by atoms with E-state index in [2.05, 4.69) is 26.1 Å². The van der Waals surface area contributed by atoms with E-state index in [9.17, 15) is 8.42 Å². The summed E-state index contributed by atoms with van der Waals surface area (Å²) < 4.78 is 27.6. The second-order valence-electron chi connectivity index (χ2n) is 5.21. The summed E-state index contributed by atoms with van der Waals surface area (Å²) in [5.41, 5.74) is 0.294. The summed E-state index contributed by atoms with van der Waals surface area (Å²) >= 11 is 0. The normalized spacial score (nSPS) is 13.0. The molecule has 4 nitrogen and oxygen atoms in total. The fourth-order valence-electron chi connectivity index (χ4n) is 1.13. The molecule has 0 aromatic rings. The van der Waals surface area contributed by atoms with E-state index in [0.717, 1.165) is 13.0 Å². The van der Waals surface area contributed by atoms with E-state index in [-0.39, 0.29) is 18.1 Å². The van der Waals surface area contributed by atoms with E-state index in [1.165, 1.54) is 7.11 Å². The van der Waals surface area contributed by atoms with Crippen molar-refractivity contribution in [3.63, 3.8) is 0 Å². The Hall–Kier alpha value is -0.130. The second kappa shape index (κ2) is 7.25. The zero-order valence-electron chi connectivity index (χ0n) is 10.9. The monoisotopic (exact) mass is 251 g/mol. The molecule has 0 saturated carbocycles. The molecule has 1 N–H and O–H groups in total. The van der Waals surface area contributed by atoms with Crippen LogP contribution in [0.4, 0.5) is 0 Å². The molecule has 0 radical (unpaired) electrons. The second-order valence-corrected chi connectivity index (χ2v) is 7.51. The zero-order chi connectivity index (χ0) is 12.7. The van der Waals surface area contributed by atoms with Crippen molar-refractivity contribution in [1.82, 2.24) is 5.32 Å². The highest BCUT2D eigenvalue weighted by Crippen LogP contribution is 2.16. The van der Waals surface area contributed by atoms with Gasteiger partial charge < -0.3 is 10.1 Å². The minimum atomic E-state index is -2.95. The molecule has 0 aliphatic carbocycles. The summed E-state index contributed by atoms with van der Waals surface area (Å²) in [5, 5.41) is 3.15. The van der Waals surface area contributed by atoms with Crippen LogP contribution in [0.15, 0.2) is 0 Å². The SMILES string of the molecule is COCCS(=O)(=O)CCNCCC(C)(C)C. The Morgan fingerprint density at radius 2 is 1.75 bits per heavy atom. The third kappa shape index (κ3) is 10.4. The molecule has 0 aliphatic rings. The Balaban J connectivity index is 3.58. The molecule has 98 valence electrons. The first kappa shape index (κ1) is 15.9. The van der Waals surface area contributed by atoms with Gasteiger partial charge in [0.2, 0.25) is 0 Å². The van der Waals surface area contributed by atoms with E-state index in [0.29, 0.717) is 12.0 Å². The van der Waals surface area contributed by atoms with E-state index < -0.39 is 9.84 Å². The van der Waals surface area contributed by atoms with Crippen molar-refractivity contribution >= 4 is 9.84 Å². The molecular weight excluding hydrogens is 226 g/mol. The van der Waals surface area contributed by atoms with Gasteiger partial charge in [-0.1, -0.05) is 20.8 Å². The van der Waals surface area contributed by atoms with Gasteiger partial charge in [-0.25, -0.2) is 8.42 Å². The molecule has 0 rings (SSSR count). The number of nitrogens with one attached hydrogen (secondary N) is 1. The van der Waals surface area contributed by atoms with Crippen molar-refractivity contribution in [3.8, 4) is 0 Å². The largest absolute Gasteiger partial charge is 0.384 e. The molecule has 0 amide bonds.